The maximum absolute atomic E-state index is 12.7. The van der Waals surface area contributed by atoms with Crippen molar-refractivity contribution in [1.29, 1.82) is 0 Å². The van der Waals surface area contributed by atoms with Crippen molar-refractivity contribution in [3.63, 3.8) is 0 Å². The molecule has 0 aliphatic rings. The van der Waals surface area contributed by atoms with Gasteiger partial charge in [-0.1, -0.05) is 23.8 Å². The Bertz CT molecular complexity index is 1090. The van der Waals surface area contributed by atoms with Gasteiger partial charge in [0.15, 0.2) is 5.13 Å². The molecule has 2 aromatic carbocycles. The van der Waals surface area contributed by atoms with E-state index < -0.39 is 15.9 Å². The third kappa shape index (κ3) is 4.53. The van der Waals surface area contributed by atoms with Gasteiger partial charge in [-0.15, -0.1) is 11.3 Å². The van der Waals surface area contributed by atoms with E-state index in [-0.39, 0.29) is 10.5 Å². The normalized spacial score (nSPS) is 11.2. The van der Waals surface area contributed by atoms with E-state index >= 15 is 0 Å². The Kier molecular flexibility index (Phi) is 5.29. The molecule has 0 saturated heterocycles. The summed E-state index contributed by atoms with van der Waals surface area (Å²) in [7, 11) is -3.81. The molecule has 27 heavy (non-hydrogen) atoms. The molecule has 1 heterocycles. The molecule has 0 saturated carbocycles. The third-order valence-corrected chi connectivity index (χ3v) is 6.12. The van der Waals surface area contributed by atoms with E-state index in [0.717, 1.165) is 10.4 Å². The van der Waals surface area contributed by atoms with Gasteiger partial charge in [0.2, 0.25) is 0 Å². The average molecular weight is 402 g/mol. The minimum atomic E-state index is -3.81. The number of sulfonamides is 1. The van der Waals surface area contributed by atoms with E-state index in [1.54, 1.807) is 31.3 Å². The molecule has 3 aromatic rings. The molecule has 140 valence electrons. The molecule has 1 amide bonds. The summed E-state index contributed by atoms with van der Waals surface area (Å²) in [4.78, 5) is 17.7. The lowest BCUT2D eigenvalue weighted by Gasteiger charge is -2.11. The predicted molar refractivity (Wildman–Crippen MR) is 108 cm³/mol. The largest absolute Gasteiger partial charge is 0.298 e. The van der Waals surface area contributed by atoms with Gasteiger partial charge in [0.05, 0.1) is 4.90 Å². The molecular weight excluding hydrogens is 382 g/mol. The third-order valence-electron chi connectivity index (χ3n) is 3.91. The molecule has 3 rings (SSSR count). The Balaban J connectivity index is 1.87. The molecule has 8 heteroatoms. The van der Waals surface area contributed by atoms with E-state index in [1.165, 1.54) is 23.5 Å². The Morgan fingerprint density at radius 3 is 2.37 bits per heavy atom. The highest BCUT2D eigenvalue weighted by atomic mass is 32.2. The smallest absolute Gasteiger partial charge is 0.261 e. The number of thiazole rings is 1. The van der Waals surface area contributed by atoms with Crippen LogP contribution < -0.4 is 10.0 Å². The average Bonchev–Trinajstić information content (AvgIpc) is 3.01. The minimum absolute atomic E-state index is 0.0224. The zero-order chi connectivity index (χ0) is 19.6. The highest BCUT2D eigenvalue weighted by molar-refractivity contribution is 7.92. The van der Waals surface area contributed by atoms with Crippen molar-refractivity contribution in [1.82, 2.24) is 4.98 Å². The highest BCUT2D eigenvalue weighted by Crippen LogP contribution is 2.22. The van der Waals surface area contributed by atoms with Gasteiger partial charge in [0.25, 0.3) is 15.9 Å². The van der Waals surface area contributed by atoms with E-state index in [1.807, 2.05) is 26.0 Å². The lowest BCUT2D eigenvalue weighted by molar-refractivity contribution is 0.102. The molecule has 0 fully saturated rings. The van der Waals surface area contributed by atoms with Crippen LogP contribution in [0.3, 0.4) is 0 Å². The summed E-state index contributed by atoms with van der Waals surface area (Å²) in [6.45, 7) is 5.57. The van der Waals surface area contributed by atoms with E-state index in [2.05, 4.69) is 15.0 Å². The quantitative estimate of drug-likeness (QED) is 0.673. The van der Waals surface area contributed by atoms with Gasteiger partial charge in [0.1, 0.15) is 0 Å². The van der Waals surface area contributed by atoms with Gasteiger partial charge in [-0.25, -0.2) is 13.4 Å². The zero-order valence-corrected chi connectivity index (χ0v) is 16.7. The van der Waals surface area contributed by atoms with Crippen molar-refractivity contribution in [2.45, 2.75) is 25.7 Å². The van der Waals surface area contributed by atoms with Gasteiger partial charge in [-0.05, 0) is 50.6 Å². The molecule has 0 atom stereocenters. The summed E-state index contributed by atoms with van der Waals surface area (Å²) in [5.41, 5.74) is 2.46. The lowest BCUT2D eigenvalue weighted by atomic mass is 10.1. The van der Waals surface area contributed by atoms with Crippen molar-refractivity contribution in [3.05, 3.63) is 70.2 Å². The SMILES string of the molecule is Cc1ccc(NS(=O)(=O)c2ccc(C)c(C(=O)Nc3ncc(C)s3)c2)cc1. The van der Waals surface area contributed by atoms with Gasteiger partial charge < -0.3 is 0 Å². The van der Waals surface area contributed by atoms with E-state index in [0.29, 0.717) is 16.4 Å². The maximum atomic E-state index is 12.7. The van der Waals surface area contributed by atoms with Crippen molar-refractivity contribution >= 4 is 38.1 Å². The van der Waals surface area contributed by atoms with Crippen LogP contribution in [-0.4, -0.2) is 19.3 Å². The molecule has 0 spiro atoms. The first-order chi connectivity index (χ1) is 12.7. The molecule has 0 aliphatic heterocycles. The fraction of sp³-hybridized carbons (Fsp3) is 0.158. The van der Waals surface area contributed by atoms with Gasteiger partial charge >= 0.3 is 0 Å². The summed E-state index contributed by atoms with van der Waals surface area (Å²) in [6.07, 6.45) is 1.67. The first kappa shape index (κ1) is 19.1. The molecule has 0 bridgehead atoms. The zero-order valence-electron chi connectivity index (χ0n) is 15.1. The monoisotopic (exact) mass is 401 g/mol. The van der Waals surface area contributed by atoms with Crippen LogP contribution in [0, 0.1) is 20.8 Å². The van der Waals surface area contributed by atoms with Crippen LogP contribution in [0.25, 0.3) is 0 Å². The number of carbonyl (C=O) groups is 1. The van der Waals surface area contributed by atoms with Crippen molar-refractivity contribution in [3.8, 4) is 0 Å². The predicted octanol–water partition coefficient (Wildman–Crippen LogP) is 4.12. The number of nitrogens with one attached hydrogen (secondary N) is 2. The van der Waals surface area contributed by atoms with Crippen LogP contribution in [0.4, 0.5) is 10.8 Å². The molecule has 0 unspecified atom stereocenters. The second kappa shape index (κ2) is 7.50. The maximum Gasteiger partial charge on any atom is 0.261 e. The number of rotatable bonds is 5. The van der Waals surface area contributed by atoms with Crippen LogP contribution in [0.2, 0.25) is 0 Å². The number of nitrogens with zero attached hydrogens (tertiary/aromatic N) is 1. The Labute approximate surface area is 162 Å². The number of aromatic nitrogens is 1. The number of benzene rings is 2. The summed E-state index contributed by atoms with van der Waals surface area (Å²) in [5, 5.41) is 3.18. The van der Waals surface area contributed by atoms with Gasteiger partial charge in [0, 0.05) is 22.3 Å². The molecular formula is C19H19N3O3S2. The topological polar surface area (TPSA) is 88.2 Å². The number of aryl methyl sites for hydroxylation is 3. The standard InChI is InChI=1S/C19H19N3O3S2/c1-12-4-7-15(8-5-12)22-27(24,25)16-9-6-13(2)17(10-16)18(23)21-19-20-11-14(3)26-19/h4-11,22H,1-3H3,(H,20,21,23). The van der Waals surface area contributed by atoms with Gasteiger partial charge in [-0.3, -0.25) is 14.8 Å². The summed E-state index contributed by atoms with van der Waals surface area (Å²) in [6, 6.07) is 11.5. The first-order valence-corrected chi connectivity index (χ1v) is 10.5. The first-order valence-electron chi connectivity index (χ1n) is 8.18. The van der Waals surface area contributed by atoms with Crippen LogP contribution in [0.15, 0.2) is 53.6 Å². The number of amides is 1. The second-order valence-corrected chi connectivity index (χ2v) is 9.10. The van der Waals surface area contributed by atoms with Crippen LogP contribution >= 0.6 is 11.3 Å². The number of carbonyl (C=O) groups excluding carboxylic acids is 1. The van der Waals surface area contributed by atoms with Crippen molar-refractivity contribution < 1.29 is 13.2 Å². The Morgan fingerprint density at radius 2 is 1.74 bits per heavy atom. The molecule has 0 aliphatic carbocycles. The van der Waals surface area contributed by atoms with Crippen LogP contribution in [0.5, 0.6) is 0 Å². The number of anilines is 2. The Morgan fingerprint density at radius 1 is 1.04 bits per heavy atom. The second-order valence-electron chi connectivity index (χ2n) is 6.18. The molecule has 1 aromatic heterocycles. The van der Waals surface area contributed by atoms with Crippen LogP contribution in [-0.2, 0) is 10.0 Å². The minimum Gasteiger partial charge on any atom is -0.298 e. The fourth-order valence-corrected chi connectivity index (χ4v) is 4.17. The van der Waals surface area contributed by atoms with Crippen molar-refractivity contribution in [2.75, 3.05) is 10.0 Å². The van der Waals surface area contributed by atoms with Crippen molar-refractivity contribution in [2.24, 2.45) is 0 Å². The number of hydrogen-bond acceptors (Lipinski definition) is 5. The van der Waals surface area contributed by atoms with Crippen LogP contribution in [0.1, 0.15) is 26.4 Å². The molecule has 6 nitrogen and oxygen atoms in total. The van der Waals surface area contributed by atoms with E-state index in [9.17, 15) is 13.2 Å². The Hall–Kier alpha value is -2.71. The molecule has 2 N–H and O–H groups in total. The summed E-state index contributed by atoms with van der Waals surface area (Å²) >= 11 is 1.36. The van der Waals surface area contributed by atoms with Gasteiger partial charge in [-0.2, -0.15) is 0 Å². The summed E-state index contributed by atoms with van der Waals surface area (Å²) in [5.74, 6) is -0.394. The van der Waals surface area contributed by atoms with E-state index in [4.69, 9.17) is 0 Å². The highest BCUT2D eigenvalue weighted by Gasteiger charge is 2.19. The number of hydrogen-bond donors (Lipinski definition) is 2. The lowest BCUT2D eigenvalue weighted by Crippen LogP contribution is -2.17. The molecule has 0 radical (unpaired) electrons. The fourth-order valence-electron chi connectivity index (χ4n) is 2.43. The summed E-state index contributed by atoms with van der Waals surface area (Å²) < 4.78 is 27.9.